The molecule has 3 rings (SSSR count). The molecule has 18 heavy (non-hydrogen) atoms. The van der Waals surface area contributed by atoms with Crippen LogP contribution in [0.3, 0.4) is 0 Å². The van der Waals surface area contributed by atoms with Crippen molar-refractivity contribution in [2.45, 2.75) is 58.4 Å². The van der Waals surface area contributed by atoms with E-state index in [1.165, 1.54) is 25.0 Å². The van der Waals surface area contributed by atoms with Crippen LogP contribution in [0.15, 0.2) is 12.3 Å². The van der Waals surface area contributed by atoms with Crippen LogP contribution < -0.4 is 0 Å². The average Bonchev–Trinajstić information content (AvgIpc) is 2.74. The number of rotatable bonds is 1. The molecule has 3 atom stereocenters. The molecule has 0 aliphatic heterocycles. The predicted molar refractivity (Wildman–Crippen MR) is 72.9 cm³/mol. The topological polar surface area (TPSA) is 22.0 Å². The van der Waals surface area contributed by atoms with Gasteiger partial charge in [-0.15, -0.1) is 0 Å². The molecule has 2 heteroatoms. The van der Waals surface area contributed by atoms with Crippen molar-refractivity contribution in [3.05, 3.63) is 23.5 Å². The van der Waals surface area contributed by atoms with Gasteiger partial charge in [-0.1, -0.05) is 13.8 Å². The number of ketones is 1. The largest absolute Gasteiger partial charge is 0.347 e. The summed E-state index contributed by atoms with van der Waals surface area (Å²) in [4.78, 5) is 11.9. The summed E-state index contributed by atoms with van der Waals surface area (Å²) < 4.78 is 2.43. The van der Waals surface area contributed by atoms with Gasteiger partial charge in [0, 0.05) is 29.9 Å². The fourth-order valence-electron chi connectivity index (χ4n) is 3.92. The molecule has 2 aliphatic rings. The van der Waals surface area contributed by atoms with Crippen LogP contribution in [0.25, 0.3) is 0 Å². The van der Waals surface area contributed by atoms with Crippen LogP contribution in [-0.2, 0) is 6.42 Å². The third-order valence-electron chi connectivity index (χ3n) is 4.89. The van der Waals surface area contributed by atoms with Crippen molar-refractivity contribution in [1.29, 1.82) is 0 Å². The van der Waals surface area contributed by atoms with Gasteiger partial charge in [0.25, 0.3) is 0 Å². The molecule has 0 saturated heterocycles. The Morgan fingerprint density at radius 1 is 1.22 bits per heavy atom. The number of carbonyl (C=O) groups is 1. The molecular weight excluding hydrogens is 222 g/mol. The number of hydrogen-bond acceptors (Lipinski definition) is 1. The second-order valence-electron chi connectivity index (χ2n) is 6.32. The summed E-state index contributed by atoms with van der Waals surface area (Å²) in [7, 11) is 0. The van der Waals surface area contributed by atoms with Crippen LogP contribution >= 0.6 is 0 Å². The summed E-state index contributed by atoms with van der Waals surface area (Å²) in [6.07, 6.45) is 8.97. The molecule has 0 bridgehead atoms. The third-order valence-corrected chi connectivity index (χ3v) is 4.89. The van der Waals surface area contributed by atoms with Crippen LogP contribution in [-0.4, -0.2) is 10.4 Å². The molecule has 0 aromatic carbocycles. The zero-order valence-corrected chi connectivity index (χ0v) is 11.5. The molecule has 98 valence electrons. The van der Waals surface area contributed by atoms with E-state index in [1.54, 1.807) is 0 Å². The van der Waals surface area contributed by atoms with Crippen molar-refractivity contribution in [3.8, 4) is 0 Å². The Kier molecular flexibility index (Phi) is 3.04. The van der Waals surface area contributed by atoms with E-state index in [1.807, 2.05) is 0 Å². The number of Topliss-reactive ketones (excluding diaryl/α,β-unsaturated/α-hetero) is 1. The van der Waals surface area contributed by atoms with Crippen molar-refractivity contribution in [1.82, 2.24) is 4.57 Å². The maximum atomic E-state index is 11.9. The van der Waals surface area contributed by atoms with Crippen molar-refractivity contribution in [2.75, 3.05) is 0 Å². The van der Waals surface area contributed by atoms with E-state index in [2.05, 4.69) is 30.7 Å². The summed E-state index contributed by atoms with van der Waals surface area (Å²) in [6, 6.07) is 2.68. The van der Waals surface area contributed by atoms with E-state index in [9.17, 15) is 4.79 Å². The lowest BCUT2D eigenvalue weighted by molar-refractivity contribution is 0.0970. The monoisotopic (exact) mass is 245 g/mol. The van der Waals surface area contributed by atoms with Crippen LogP contribution in [0, 0.1) is 11.8 Å². The van der Waals surface area contributed by atoms with Crippen molar-refractivity contribution in [3.63, 3.8) is 0 Å². The van der Waals surface area contributed by atoms with Gasteiger partial charge in [0.15, 0.2) is 5.78 Å². The molecular formula is C16H23NO. The molecule has 0 spiro atoms. The number of fused-ring (bicyclic) bond motifs is 1. The maximum Gasteiger partial charge on any atom is 0.164 e. The number of aromatic nitrogens is 1. The lowest BCUT2D eigenvalue weighted by Gasteiger charge is -2.35. The Morgan fingerprint density at radius 2 is 2.06 bits per heavy atom. The standard InChI is InChI=1S/C16H23NO/c1-11-6-7-14(12(2)10-11)17-9-8-13-15(17)4-3-5-16(13)18/h8-9,11-12,14H,3-7,10H2,1-2H3. The van der Waals surface area contributed by atoms with Crippen molar-refractivity contribution in [2.24, 2.45) is 11.8 Å². The first-order valence-corrected chi connectivity index (χ1v) is 7.39. The molecule has 0 radical (unpaired) electrons. The molecule has 3 unspecified atom stereocenters. The normalized spacial score (nSPS) is 32.3. The van der Waals surface area contributed by atoms with E-state index >= 15 is 0 Å². The highest BCUT2D eigenvalue weighted by Crippen LogP contribution is 2.39. The fraction of sp³-hybridized carbons (Fsp3) is 0.688. The van der Waals surface area contributed by atoms with Gasteiger partial charge in [0.1, 0.15) is 0 Å². The van der Waals surface area contributed by atoms with Gasteiger partial charge in [-0.3, -0.25) is 4.79 Å². The minimum absolute atomic E-state index is 0.354. The third kappa shape index (κ3) is 1.92. The molecule has 0 amide bonds. The quantitative estimate of drug-likeness (QED) is 0.733. The van der Waals surface area contributed by atoms with E-state index < -0.39 is 0 Å². The highest BCUT2D eigenvalue weighted by molar-refractivity contribution is 5.98. The van der Waals surface area contributed by atoms with Crippen molar-refractivity contribution >= 4 is 5.78 Å². The molecule has 1 aromatic rings. The van der Waals surface area contributed by atoms with Gasteiger partial charge in [0.2, 0.25) is 0 Å². The fourth-order valence-corrected chi connectivity index (χ4v) is 3.92. The predicted octanol–water partition coefficient (Wildman–Crippen LogP) is 4.00. The summed E-state index contributed by atoms with van der Waals surface area (Å²) >= 11 is 0. The Labute approximate surface area is 109 Å². The first kappa shape index (κ1) is 12.0. The lowest BCUT2D eigenvalue weighted by Crippen LogP contribution is -2.26. The molecule has 1 saturated carbocycles. The van der Waals surface area contributed by atoms with Gasteiger partial charge in [-0.25, -0.2) is 0 Å². The second-order valence-corrected chi connectivity index (χ2v) is 6.32. The first-order chi connectivity index (χ1) is 8.66. The Bertz CT molecular complexity index is 460. The lowest BCUT2D eigenvalue weighted by atomic mass is 9.79. The van der Waals surface area contributed by atoms with Crippen LogP contribution in [0.2, 0.25) is 0 Å². The summed E-state index contributed by atoms with van der Waals surface area (Å²) in [5, 5.41) is 0. The van der Waals surface area contributed by atoms with E-state index in [4.69, 9.17) is 0 Å². The SMILES string of the molecule is CC1CCC(n2ccc3c2CCCC3=O)C(C)C1. The Hall–Kier alpha value is -1.05. The van der Waals surface area contributed by atoms with Gasteiger partial charge in [0.05, 0.1) is 0 Å². The highest BCUT2D eigenvalue weighted by atomic mass is 16.1. The molecule has 2 aliphatic carbocycles. The maximum absolute atomic E-state index is 11.9. The molecule has 1 aromatic heterocycles. The zero-order chi connectivity index (χ0) is 12.7. The Morgan fingerprint density at radius 3 is 2.83 bits per heavy atom. The van der Waals surface area contributed by atoms with E-state index in [0.29, 0.717) is 11.8 Å². The molecule has 2 nitrogen and oxygen atoms in total. The van der Waals surface area contributed by atoms with Crippen LogP contribution in [0.4, 0.5) is 0 Å². The zero-order valence-electron chi connectivity index (χ0n) is 11.5. The Balaban J connectivity index is 1.91. The number of hydrogen-bond donors (Lipinski definition) is 0. The first-order valence-electron chi connectivity index (χ1n) is 7.39. The van der Waals surface area contributed by atoms with E-state index in [0.717, 1.165) is 36.7 Å². The smallest absolute Gasteiger partial charge is 0.164 e. The van der Waals surface area contributed by atoms with Gasteiger partial charge >= 0.3 is 0 Å². The van der Waals surface area contributed by atoms with E-state index in [-0.39, 0.29) is 0 Å². The van der Waals surface area contributed by atoms with Crippen LogP contribution in [0.5, 0.6) is 0 Å². The summed E-state index contributed by atoms with van der Waals surface area (Å²) in [5.74, 6) is 1.96. The van der Waals surface area contributed by atoms with Crippen molar-refractivity contribution < 1.29 is 4.79 Å². The van der Waals surface area contributed by atoms with Gasteiger partial charge < -0.3 is 4.57 Å². The van der Waals surface area contributed by atoms with Crippen LogP contribution in [0.1, 0.15) is 68.0 Å². The minimum atomic E-state index is 0.354. The average molecular weight is 245 g/mol. The second kappa shape index (κ2) is 4.56. The van der Waals surface area contributed by atoms with Gasteiger partial charge in [-0.2, -0.15) is 0 Å². The molecule has 1 heterocycles. The summed E-state index contributed by atoms with van der Waals surface area (Å²) in [5.41, 5.74) is 2.32. The van der Waals surface area contributed by atoms with Gasteiger partial charge in [-0.05, 0) is 50.0 Å². The summed E-state index contributed by atoms with van der Waals surface area (Å²) in [6.45, 7) is 4.73. The number of nitrogens with zero attached hydrogens (tertiary/aromatic N) is 1. The molecule has 1 fully saturated rings. The number of carbonyl (C=O) groups excluding carboxylic acids is 1. The highest BCUT2D eigenvalue weighted by Gasteiger charge is 2.30. The molecule has 0 N–H and O–H groups in total. The minimum Gasteiger partial charge on any atom is -0.347 e.